The molecule has 0 saturated carbocycles. The Morgan fingerprint density at radius 3 is 2.92 bits per heavy atom. The highest BCUT2D eigenvalue weighted by molar-refractivity contribution is 9.10. The highest BCUT2D eigenvalue weighted by atomic mass is 79.9. The van der Waals surface area contributed by atoms with Crippen LogP contribution in [0.4, 0.5) is 0 Å². The Morgan fingerprint density at radius 2 is 2.31 bits per heavy atom. The number of phenols is 1. The molecule has 1 fully saturated rings. The summed E-state index contributed by atoms with van der Waals surface area (Å²) < 4.78 is 0.777. The van der Waals surface area contributed by atoms with Crippen LogP contribution < -0.4 is 5.32 Å². The van der Waals surface area contributed by atoms with Crippen molar-refractivity contribution in [1.29, 1.82) is 0 Å². The Labute approximate surface area is 86.1 Å². The van der Waals surface area contributed by atoms with Crippen molar-refractivity contribution in [3.05, 3.63) is 28.2 Å². The van der Waals surface area contributed by atoms with Crippen molar-refractivity contribution in [1.82, 2.24) is 5.32 Å². The fourth-order valence-corrected chi connectivity index (χ4v) is 2.11. The van der Waals surface area contributed by atoms with Gasteiger partial charge in [0.2, 0.25) is 0 Å². The topological polar surface area (TPSA) is 32.3 Å². The molecule has 1 heterocycles. The van der Waals surface area contributed by atoms with Crippen molar-refractivity contribution in [3.63, 3.8) is 0 Å². The van der Waals surface area contributed by atoms with Crippen LogP contribution in [0.2, 0.25) is 0 Å². The molecule has 0 spiro atoms. The first-order valence-electron chi connectivity index (χ1n) is 4.49. The van der Waals surface area contributed by atoms with E-state index in [9.17, 15) is 5.11 Å². The zero-order chi connectivity index (χ0) is 9.26. The lowest BCUT2D eigenvalue weighted by atomic mass is 10.1. The Kier molecular flexibility index (Phi) is 2.56. The maximum atomic E-state index is 9.32. The highest BCUT2D eigenvalue weighted by Crippen LogP contribution is 2.30. The first-order valence-corrected chi connectivity index (χ1v) is 5.28. The van der Waals surface area contributed by atoms with Crippen molar-refractivity contribution in [2.75, 3.05) is 6.54 Å². The van der Waals surface area contributed by atoms with Gasteiger partial charge in [0.05, 0.1) is 4.47 Å². The first-order chi connectivity index (χ1) is 6.27. The van der Waals surface area contributed by atoms with Crippen LogP contribution >= 0.6 is 15.9 Å². The van der Waals surface area contributed by atoms with E-state index in [-0.39, 0.29) is 0 Å². The molecular weight excluding hydrogens is 230 g/mol. The van der Waals surface area contributed by atoms with Gasteiger partial charge in [-0.25, -0.2) is 0 Å². The standard InChI is InChI=1S/C10H12BrNO/c11-8-6-7(3-4-10(8)13)9-2-1-5-12-9/h3-4,6,9,12-13H,1-2,5H2/t9-/m1/s1. The second-order valence-electron chi connectivity index (χ2n) is 3.36. The van der Waals surface area contributed by atoms with E-state index >= 15 is 0 Å². The SMILES string of the molecule is Oc1ccc([C@H]2CCCN2)cc1Br. The van der Waals surface area contributed by atoms with Crippen LogP contribution in [0.15, 0.2) is 22.7 Å². The summed E-state index contributed by atoms with van der Waals surface area (Å²) in [6, 6.07) is 6.16. The van der Waals surface area contributed by atoms with Crippen LogP contribution in [0.1, 0.15) is 24.4 Å². The summed E-state index contributed by atoms with van der Waals surface area (Å²) in [6.07, 6.45) is 2.43. The van der Waals surface area contributed by atoms with Gasteiger partial charge in [-0.15, -0.1) is 0 Å². The lowest BCUT2D eigenvalue weighted by molar-refractivity contribution is 0.471. The second kappa shape index (κ2) is 3.68. The normalized spacial score (nSPS) is 22.1. The van der Waals surface area contributed by atoms with Crippen LogP contribution in [-0.4, -0.2) is 11.7 Å². The van der Waals surface area contributed by atoms with E-state index in [0.29, 0.717) is 11.8 Å². The molecule has 13 heavy (non-hydrogen) atoms. The summed E-state index contributed by atoms with van der Waals surface area (Å²) in [5.41, 5.74) is 1.25. The molecule has 0 aromatic heterocycles. The summed E-state index contributed by atoms with van der Waals surface area (Å²) in [7, 11) is 0. The number of phenolic OH excluding ortho intramolecular Hbond substituents is 1. The van der Waals surface area contributed by atoms with E-state index in [0.717, 1.165) is 11.0 Å². The predicted molar refractivity (Wildman–Crippen MR) is 55.8 cm³/mol. The van der Waals surface area contributed by atoms with E-state index in [1.807, 2.05) is 12.1 Å². The van der Waals surface area contributed by atoms with Gasteiger partial charge in [0, 0.05) is 6.04 Å². The lowest BCUT2D eigenvalue weighted by Crippen LogP contribution is -2.12. The van der Waals surface area contributed by atoms with Crippen molar-refractivity contribution in [3.8, 4) is 5.75 Å². The summed E-state index contributed by atoms with van der Waals surface area (Å²) in [5, 5.41) is 12.7. The largest absolute Gasteiger partial charge is 0.507 e. The zero-order valence-corrected chi connectivity index (χ0v) is 8.84. The van der Waals surface area contributed by atoms with Gasteiger partial charge in [-0.05, 0) is 53.0 Å². The minimum absolute atomic E-state index is 0.307. The number of nitrogens with one attached hydrogen (secondary N) is 1. The molecule has 0 amide bonds. The van der Waals surface area contributed by atoms with E-state index in [1.165, 1.54) is 18.4 Å². The Balaban J connectivity index is 2.25. The smallest absolute Gasteiger partial charge is 0.129 e. The second-order valence-corrected chi connectivity index (χ2v) is 4.21. The van der Waals surface area contributed by atoms with Gasteiger partial charge in [0.25, 0.3) is 0 Å². The number of hydrogen-bond donors (Lipinski definition) is 2. The summed E-state index contributed by atoms with van der Waals surface area (Å²) >= 11 is 3.32. The van der Waals surface area contributed by atoms with Gasteiger partial charge in [-0.3, -0.25) is 0 Å². The molecule has 1 aromatic carbocycles. The maximum absolute atomic E-state index is 9.32. The molecule has 1 aliphatic rings. The van der Waals surface area contributed by atoms with Crippen molar-refractivity contribution >= 4 is 15.9 Å². The van der Waals surface area contributed by atoms with Gasteiger partial charge in [0.15, 0.2) is 0 Å². The number of aromatic hydroxyl groups is 1. The van der Waals surface area contributed by atoms with Crippen molar-refractivity contribution in [2.45, 2.75) is 18.9 Å². The maximum Gasteiger partial charge on any atom is 0.129 e. The molecule has 1 aliphatic heterocycles. The molecule has 2 N–H and O–H groups in total. The number of hydrogen-bond acceptors (Lipinski definition) is 2. The van der Waals surface area contributed by atoms with Gasteiger partial charge in [-0.2, -0.15) is 0 Å². The lowest BCUT2D eigenvalue weighted by Gasteiger charge is -2.10. The monoisotopic (exact) mass is 241 g/mol. The van der Waals surface area contributed by atoms with Crippen LogP contribution in [0.5, 0.6) is 5.75 Å². The molecule has 3 heteroatoms. The molecule has 2 rings (SSSR count). The molecule has 2 nitrogen and oxygen atoms in total. The van der Waals surface area contributed by atoms with E-state index in [4.69, 9.17) is 0 Å². The minimum Gasteiger partial charge on any atom is -0.507 e. The summed E-state index contributed by atoms with van der Waals surface area (Å²) in [5.74, 6) is 0.307. The molecule has 1 aromatic rings. The predicted octanol–water partition coefficient (Wildman–Crippen LogP) is 2.58. The molecule has 0 bridgehead atoms. The average Bonchev–Trinajstić information content (AvgIpc) is 2.62. The Hall–Kier alpha value is -0.540. The zero-order valence-electron chi connectivity index (χ0n) is 7.26. The fraction of sp³-hybridized carbons (Fsp3) is 0.400. The first kappa shape index (κ1) is 9.03. The molecule has 0 aliphatic carbocycles. The van der Waals surface area contributed by atoms with E-state index in [1.54, 1.807) is 6.07 Å². The molecule has 1 saturated heterocycles. The van der Waals surface area contributed by atoms with Gasteiger partial charge in [0.1, 0.15) is 5.75 Å². The number of halogens is 1. The average molecular weight is 242 g/mol. The van der Waals surface area contributed by atoms with Gasteiger partial charge in [-0.1, -0.05) is 6.07 Å². The van der Waals surface area contributed by atoms with Crippen LogP contribution in [0.3, 0.4) is 0 Å². The molecule has 0 radical (unpaired) electrons. The third kappa shape index (κ3) is 1.86. The third-order valence-electron chi connectivity index (χ3n) is 2.43. The number of benzene rings is 1. The van der Waals surface area contributed by atoms with Crippen LogP contribution in [0, 0.1) is 0 Å². The van der Waals surface area contributed by atoms with E-state index < -0.39 is 0 Å². The third-order valence-corrected chi connectivity index (χ3v) is 3.07. The minimum atomic E-state index is 0.307. The molecule has 70 valence electrons. The van der Waals surface area contributed by atoms with Gasteiger partial charge < -0.3 is 10.4 Å². The van der Waals surface area contributed by atoms with Crippen LogP contribution in [0.25, 0.3) is 0 Å². The highest BCUT2D eigenvalue weighted by Gasteiger charge is 2.16. The quantitative estimate of drug-likeness (QED) is 0.793. The number of rotatable bonds is 1. The molecule has 0 unspecified atom stereocenters. The van der Waals surface area contributed by atoms with Crippen LogP contribution in [-0.2, 0) is 0 Å². The summed E-state index contributed by atoms with van der Waals surface area (Å²) in [4.78, 5) is 0. The summed E-state index contributed by atoms with van der Waals surface area (Å²) in [6.45, 7) is 1.10. The Morgan fingerprint density at radius 1 is 1.46 bits per heavy atom. The Bertz CT molecular complexity index is 308. The van der Waals surface area contributed by atoms with Crippen molar-refractivity contribution in [2.24, 2.45) is 0 Å². The molecule has 1 atom stereocenters. The van der Waals surface area contributed by atoms with Crippen molar-refractivity contribution < 1.29 is 5.11 Å². The fourth-order valence-electron chi connectivity index (χ4n) is 1.71. The van der Waals surface area contributed by atoms with E-state index in [2.05, 4.69) is 21.2 Å². The molecular formula is C10H12BrNO. The van der Waals surface area contributed by atoms with Gasteiger partial charge >= 0.3 is 0 Å².